The van der Waals surface area contributed by atoms with Gasteiger partial charge in [0.05, 0.1) is 0 Å². The first-order valence-corrected chi connectivity index (χ1v) is 5.91. The van der Waals surface area contributed by atoms with Gasteiger partial charge in [-0.3, -0.25) is 0 Å². The second kappa shape index (κ2) is 4.53. The molecule has 0 N–H and O–H groups in total. The number of aromatic nitrogens is 2. The van der Waals surface area contributed by atoms with Crippen LogP contribution >= 0.6 is 11.8 Å². The predicted molar refractivity (Wildman–Crippen MR) is 63.9 cm³/mol. The minimum absolute atomic E-state index is 0.983. The summed E-state index contributed by atoms with van der Waals surface area (Å²) >= 11 is 1.78. The minimum atomic E-state index is 0.983. The van der Waals surface area contributed by atoms with Crippen LogP contribution in [0.4, 0.5) is 0 Å². The number of thioether (sulfide) groups is 1. The molecule has 0 saturated heterocycles. The fourth-order valence-electron chi connectivity index (χ4n) is 1.33. The van der Waals surface area contributed by atoms with E-state index in [0.29, 0.717) is 0 Å². The van der Waals surface area contributed by atoms with E-state index >= 15 is 0 Å². The second-order valence-electron chi connectivity index (χ2n) is 3.51. The average molecular weight is 218 g/mol. The number of imidazole rings is 1. The number of nitrogens with zero attached hydrogens (tertiary/aromatic N) is 2. The Morgan fingerprint density at radius 2 is 2.00 bits per heavy atom. The molecule has 2 aromatic rings. The molecule has 2 rings (SSSR count). The van der Waals surface area contributed by atoms with Crippen molar-refractivity contribution in [3.8, 4) is 0 Å². The van der Waals surface area contributed by atoms with Crippen LogP contribution in [0.25, 0.3) is 0 Å². The molecule has 0 aliphatic rings. The van der Waals surface area contributed by atoms with Gasteiger partial charge in [-0.15, -0.1) is 11.8 Å². The first-order chi connectivity index (χ1) is 7.25. The second-order valence-corrected chi connectivity index (χ2v) is 4.51. The highest BCUT2D eigenvalue weighted by molar-refractivity contribution is 7.98. The highest BCUT2D eigenvalue weighted by Crippen LogP contribution is 2.21. The number of rotatable bonds is 3. The van der Waals surface area contributed by atoms with Crippen LogP contribution in [0.2, 0.25) is 0 Å². The van der Waals surface area contributed by atoms with E-state index in [1.54, 1.807) is 11.8 Å². The van der Waals surface area contributed by atoms with Crippen molar-refractivity contribution in [2.75, 3.05) is 0 Å². The van der Waals surface area contributed by atoms with E-state index < -0.39 is 0 Å². The summed E-state index contributed by atoms with van der Waals surface area (Å²) in [5, 5.41) is 1.10. The largest absolute Gasteiger partial charge is 0.337 e. The molecule has 0 atom stereocenters. The predicted octanol–water partition coefficient (Wildman–Crippen LogP) is 3.02. The molecule has 1 aromatic heterocycles. The lowest BCUT2D eigenvalue weighted by atomic mass is 10.2. The minimum Gasteiger partial charge on any atom is -0.337 e. The Morgan fingerprint density at radius 3 is 2.60 bits per heavy atom. The standard InChI is InChI=1S/C12H14N2S/c1-10-13-12(8-14(10)2)15-9-11-6-4-3-5-7-11/h3-8H,9H2,1-2H3. The molecule has 1 aromatic carbocycles. The van der Waals surface area contributed by atoms with Crippen molar-refractivity contribution in [3.63, 3.8) is 0 Å². The summed E-state index contributed by atoms with van der Waals surface area (Å²) in [4.78, 5) is 4.45. The van der Waals surface area contributed by atoms with Crippen LogP contribution < -0.4 is 0 Å². The van der Waals surface area contributed by atoms with Crippen molar-refractivity contribution in [2.45, 2.75) is 17.7 Å². The van der Waals surface area contributed by atoms with Crippen molar-refractivity contribution in [2.24, 2.45) is 7.05 Å². The lowest BCUT2D eigenvalue weighted by molar-refractivity contribution is 0.858. The molecular weight excluding hydrogens is 204 g/mol. The Hall–Kier alpha value is -1.22. The normalized spacial score (nSPS) is 10.5. The molecule has 78 valence electrons. The van der Waals surface area contributed by atoms with Gasteiger partial charge < -0.3 is 4.57 Å². The molecule has 3 heteroatoms. The maximum Gasteiger partial charge on any atom is 0.115 e. The third-order valence-electron chi connectivity index (χ3n) is 2.32. The van der Waals surface area contributed by atoms with E-state index in [4.69, 9.17) is 0 Å². The van der Waals surface area contributed by atoms with Crippen molar-refractivity contribution >= 4 is 11.8 Å². The Kier molecular flexibility index (Phi) is 3.11. The Bertz CT molecular complexity index is 415. The summed E-state index contributed by atoms with van der Waals surface area (Å²) in [5.74, 6) is 2.04. The Labute approximate surface area is 94.3 Å². The van der Waals surface area contributed by atoms with E-state index in [-0.39, 0.29) is 0 Å². The van der Waals surface area contributed by atoms with E-state index in [9.17, 15) is 0 Å². The van der Waals surface area contributed by atoms with Crippen LogP contribution in [0.15, 0.2) is 41.6 Å². The molecule has 0 fully saturated rings. The molecule has 15 heavy (non-hydrogen) atoms. The Balaban J connectivity index is 1.99. The molecule has 0 amide bonds. The molecular formula is C12H14N2S. The van der Waals surface area contributed by atoms with Crippen LogP contribution in [-0.2, 0) is 12.8 Å². The fraction of sp³-hybridized carbons (Fsp3) is 0.250. The van der Waals surface area contributed by atoms with Crippen molar-refractivity contribution in [1.82, 2.24) is 9.55 Å². The van der Waals surface area contributed by atoms with E-state index in [1.807, 2.05) is 24.6 Å². The van der Waals surface area contributed by atoms with Gasteiger partial charge in [0.15, 0.2) is 0 Å². The zero-order chi connectivity index (χ0) is 10.7. The first kappa shape index (κ1) is 10.3. The molecule has 0 radical (unpaired) electrons. The maximum atomic E-state index is 4.45. The van der Waals surface area contributed by atoms with Gasteiger partial charge in [0, 0.05) is 19.0 Å². The number of aryl methyl sites for hydroxylation is 2. The van der Waals surface area contributed by atoms with Gasteiger partial charge in [-0.05, 0) is 12.5 Å². The van der Waals surface area contributed by atoms with Crippen molar-refractivity contribution in [3.05, 3.63) is 47.9 Å². The SMILES string of the molecule is Cc1nc(SCc2ccccc2)cn1C. The highest BCUT2D eigenvalue weighted by Gasteiger charge is 2.01. The van der Waals surface area contributed by atoms with Crippen molar-refractivity contribution in [1.29, 1.82) is 0 Å². The summed E-state index contributed by atoms with van der Waals surface area (Å²) in [6.07, 6.45) is 2.07. The van der Waals surface area contributed by atoms with Gasteiger partial charge in [0.2, 0.25) is 0 Å². The Morgan fingerprint density at radius 1 is 1.27 bits per heavy atom. The molecule has 0 bridgehead atoms. The molecule has 0 spiro atoms. The van der Waals surface area contributed by atoms with Gasteiger partial charge in [-0.1, -0.05) is 30.3 Å². The average Bonchev–Trinajstić information content (AvgIpc) is 2.57. The molecule has 0 unspecified atom stereocenters. The molecule has 2 nitrogen and oxygen atoms in total. The van der Waals surface area contributed by atoms with Crippen molar-refractivity contribution < 1.29 is 0 Å². The van der Waals surface area contributed by atoms with E-state index in [2.05, 4.69) is 35.4 Å². The molecule has 0 aliphatic heterocycles. The highest BCUT2D eigenvalue weighted by atomic mass is 32.2. The lowest BCUT2D eigenvalue weighted by Gasteiger charge is -1.97. The van der Waals surface area contributed by atoms with Crippen LogP contribution in [0, 0.1) is 6.92 Å². The number of benzene rings is 1. The van der Waals surface area contributed by atoms with Crippen LogP contribution in [0.5, 0.6) is 0 Å². The quantitative estimate of drug-likeness (QED) is 0.737. The van der Waals surface area contributed by atoms with Gasteiger partial charge in [-0.25, -0.2) is 4.98 Å². The van der Waals surface area contributed by atoms with Crippen LogP contribution in [-0.4, -0.2) is 9.55 Å². The summed E-state index contributed by atoms with van der Waals surface area (Å²) < 4.78 is 2.05. The van der Waals surface area contributed by atoms with Gasteiger partial charge in [-0.2, -0.15) is 0 Å². The third kappa shape index (κ3) is 2.63. The summed E-state index contributed by atoms with van der Waals surface area (Å²) in [6.45, 7) is 2.02. The lowest BCUT2D eigenvalue weighted by Crippen LogP contribution is -1.86. The third-order valence-corrected chi connectivity index (χ3v) is 3.29. The summed E-state index contributed by atoms with van der Waals surface area (Å²) in [7, 11) is 2.02. The molecule has 0 saturated carbocycles. The zero-order valence-electron chi connectivity index (χ0n) is 8.97. The molecule has 1 heterocycles. The fourth-order valence-corrected chi connectivity index (χ4v) is 2.26. The maximum absolute atomic E-state index is 4.45. The number of hydrogen-bond acceptors (Lipinski definition) is 2. The van der Waals surface area contributed by atoms with E-state index in [0.717, 1.165) is 16.6 Å². The van der Waals surface area contributed by atoms with Gasteiger partial charge in [0.1, 0.15) is 10.9 Å². The van der Waals surface area contributed by atoms with Crippen LogP contribution in [0.3, 0.4) is 0 Å². The van der Waals surface area contributed by atoms with Gasteiger partial charge >= 0.3 is 0 Å². The topological polar surface area (TPSA) is 17.8 Å². The van der Waals surface area contributed by atoms with Crippen LogP contribution in [0.1, 0.15) is 11.4 Å². The molecule has 0 aliphatic carbocycles. The smallest absolute Gasteiger partial charge is 0.115 e. The monoisotopic (exact) mass is 218 g/mol. The zero-order valence-corrected chi connectivity index (χ0v) is 9.79. The first-order valence-electron chi connectivity index (χ1n) is 4.92. The summed E-state index contributed by atoms with van der Waals surface area (Å²) in [5.41, 5.74) is 1.34. The number of hydrogen-bond donors (Lipinski definition) is 0. The summed E-state index contributed by atoms with van der Waals surface area (Å²) in [6, 6.07) is 10.5. The van der Waals surface area contributed by atoms with Gasteiger partial charge in [0.25, 0.3) is 0 Å². The van der Waals surface area contributed by atoms with E-state index in [1.165, 1.54) is 5.56 Å².